The van der Waals surface area contributed by atoms with Gasteiger partial charge in [0.1, 0.15) is 5.54 Å². The first-order valence-corrected chi connectivity index (χ1v) is 3.61. The van der Waals surface area contributed by atoms with Gasteiger partial charge in [-0.15, -0.1) is 0 Å². The van der Waals surface area contributed by atoms with Gasteiger partial charge < -0.3 is 22.3 Å². The molecule has 1 atom stereocenters. The fourth-order valence-electron chi connectivity index (χ4n) is 0.527. The van der Waals surface area contributed by atoms with E-state index in [1.807, 2.05) is 0 Å². The highest BCUT2D eigenvalue weighted by molar-refractivity contribution is 5.80. The van der Waals surface area contributed by atoms with Crippen molar-refractivity contribution in [1.82, 2.24) is 0 Å². The lowest BCUT2D eigenvalue weighted by Gasteiger charge is -2.12. The SMILES string of the molecule is CC(N)(C=CCN=C(N)N)C(=O)O. The molecule has 0 amide bonds. The first-order valence-electron chi connectivity index (χ1n) is 3.61. The molecule has 0 radical (unpaired) electrons. The first-order chi connectivity index (χ1) is 5.86. The van der Waals surface area contributed by atoms with Crippen LogP contribution in [0, 0.1) is 0 Å². The van der Waals surface area contributed by atoms with Crippen LogP contribution in [0.3, 0.4) is 0 Å². The maximum atomic E-state index is 10.5. The summed E-state index contributed by atoms with van der Waals surface area (Å²) in [6.07, 6.45) is 2.83. The average Bonchev–Trinajstić information content (AvgIpc) is 1.97. The Kier molecular flexibility index (Phi) is 3.93. The molecule has 6 heteroatoms. The topological polar surface area (TPSA) is 128 Å². The third-order valence-electron chi connectivity index (χ3n) is 1.30. The van der Waals surface area contributed by atoms with Gasteiger partial charge in [-0.1, -0.05) is 12.2 Å². The predicted octanol–water partition coefficient (Wildman–Crippen LogP) is -1.38. The lowest BCUT2D eigenvalue weighted by Crippen LogP contribution is -2.42. The third kappa shape index (κ3) is 4.81. The second kappa shape index (κ2) is 4.46. The molecule has 0 spiro atoms. The van der Waals surface area contributed by atoms with Crippen molar-refractivity contribution in [3.05, 3.63) is 12.2 Å². The smallest absolute Gasteiger partial charge is 0.327 e. The number of aliphatic carboxylic acids is 1. The van der Waals surface area contributed by atoms with Crippen molar-refractivity contribution in [1.29, 1.82) is 0 Å². The Balaban J connectivity index is 4.12. The molecule has 0 saturated carbocycles. The fourth-order valence-corrected chi connectivity index (χ4v) is 0.527. The fraction of sp³-hybridized carbons (Fsp3) is 0.429. The van der Waals surface area contributed by atoms with Crippen LogP contribution in [0.15, 0.2) is 17.1 Å². The van der Waals surface area contributed by atoms with Crippen LogP contribution in [0.4, 0.5) is 0 Å². The van der Waals surface area contributed by atoms with Crippen molar-refractivity contribution in [2.75, 3.05) is 6.54 Å². The molecule has 0 aromatic rings. The molecule has 0 aliphatic carbocycles. The summed E-state index contributed by atoms with van der Waals surface area (Å²) >= 11 is 0. The minimum atomic E-state index is -1.38. The molecule has 13 heavy (non-hydrogen) atoms. The van der Waals surface area contributed by atoms with Crippen LogP contribution in [-0.4, -0.2) is 29.1 Å². The van der Waals surface area contributed by atoms with Gasteiger partial charge in [-0.3, -0.25) is 0 Å². The van der Waals surface area contributed by atoms with E-state index < -0.39 is 11.5 Å². The summed E-state index contributed by atoms with van der Waals surface area (Å²) in [7, 11) is 0. The van der Waals surface area contributed by atoms with Gasteiger partial charge in [0.05, 0.1) is 6.54 Å². The van der Waals surface area contributed by atoms with E-state index in [1.54, 1.807) is 0 Å². The van der Waals surface area contributed by atoms with E-state index in [0.717, 1.165) is 0 Å². The predicted molar refractivity (Wildman–Crippen MR) is 50.0 cm³/mol. The number of carbonyl (C=O) groups is 1. The van der Waals surface area contributed by atoms with E-state index in [1.165, 1.54) is 19.1 Å². The molecule has 1 unspecified atom stereocenters. The number of guanidine groups is 1. The highest BCUT2D eigenvalue weighted by Gasteiger charge is 2.23. The zero-order valence-electron chi connectivity index (χ0n) is 7.40. The molecule has 0 heterocycles. The van der Waals surface area contributed by atoms with Gasteiger partial charge in [0.15, 0.2) is 5.96 Å². The van der Waals surface area contributed by atoms with Gasteiger partial charge >= 0.3 is 5.97 Å². The maximum absolute atomic E-state index is 10.5. The normalized spacial score (nSPS) is 15.2. The van der Waals surface area contributed by atoms with Crippen molar-refractivity contribution in [2.24, 2.45) is 22.2 Å². The highest BCUT2D eigenvalue weighted by Crippen LogP contribution is 2.00. The Bertz CT molecular complexity index is 241. The van der Waals surface area contributed by atoms with Crippen LogP contribution in [0.25, 0.3) is 0 Å². The molecule has 74 valence electrons. The van der Waals surface area contributed by atoms with E-state index in [2.05, 4.69) is 4.99 Å². The Morgan fingerprint density at radius 2 is 2.15 bits per heavy atom. The van der Waals surface area contributed by atoms with E-state index in [-0.39, 0.29) is 12.5 Å². The Morgan fingerprint density at radius 3 is 2.54 bits per heavy atom. The van der Waals surface area contributed by atoms with Crippen molar-refractivity contribution in [3.63, 3.8) is 0 Å². The van der Waals surface area contributed by atoms with E-state index in [9.17, 15) is 4.79 Å². The molecule has 0 saturated heterocycles. The van der Waals surface area contributed by atoms with Crippen molar-refractivity contribution < 1.29 is 9.90 Å². The lowest BCUT2D eigenvalue weighted by molar-refractivity contribution is -0.140. The summed E-state index contributed by atoms with van der Waals surface area (Å²) in [5.74, 6) is -1.15. The summed E-state index contributed by atoms with van der Waals surface area (Å²) < 4.78 is 0. The monoisotopic (exact) mass is 186 g/mol. The van der Waals surface area contributed by atoms with Crippen LogP contribution >= 0.6 is 0 Å². The van der Waals surface area contributed by atoms with Gasteiger partial charge in [0, 0.05) is 0 Å². The Labute approximate surface area is 76.1 Å². The molecule has 0 aromatic carbocycles. The van der Waals surface area contributed by atoms with Gasteiger partial charge in [-0.05, 0) is 6.92 Å². The molecule has 0 rings (SSSR count). The zero-order valence-corrected chi connectivity index (χ0v) is 7.40. The summed E-state index contributed by atoms with van der Waals surface area (Å²) in [5.41, 5.74) is 14.1. The second-order valence-corrected chi connectivity index (χ2v) is 2.76. The summed E-state index contributed by atoms with van der Waals surface area (Å²) in [6, 6.07) is 0. The summed E-state index contributed by atoms with van der Waals surface area (Å²) in [6.45, 7) is 1.60. The molecule has 0 aliphatic rings. The maximum Gasteiger partial charge on any atom is 0.327 e. The highest BCUT2D eigenvalue weighted by atomic mass is 16.4. The van der Waals surface area contributed by atoms with Gasteiger partial charge in [0.2, 0.25) is 0 Å². The largest absolute Gasteiger partial charge is 0.480 e. The molecular weight excluding hydrogens is 172 g/mol. The number of nitrogens with two attached hydrogens (primary N) is 3. The first kappa shape index (κ1) is 11.4. The van der Waals surface area contributed by atoms with Crippen LogP contribution in [0.1, 0.15) is 6.92 Å². The molecule has 0 aliphatic heterocycles. The van der Waals surface area contributed by atoms with Crippen LogP contribution in [-0.2, 0) is 4.79 Å². The average molecular weight is 186 g/mol. The summed E-state index contributed by atoms with van der Waals surface area (Å²) in [4.78, 5) is 14.1. The number of nitrogens with zero attached hydrogens (tertiary/aromatic N) is 1. The number of rotatable bonds is 4. The minimum Gasteiger partial charge on any atom is -0.480 e. The van der Waals surface area contributed by atoms with E-state index >= 15 is 0 Å². The van der Waals surface area contributed by atoms with Crippen molar-refractivity contribution in [2.45, 2.75) is 12.5 Å². The molecular formula is C7H14N4O2. The number of hydrogen-bond acceptors (Lipinski definition) is 3. The van der Waals surface area contributed by atoms with Crippen LogP contribution in [0.5, 0.6) is 0 Å². The quantitative estimate of drug-likeness (QED) is 0.244. The van der Waals surface area contributed by atoms with E-state index in [0.29, 0.717) is 0 Å². The minimum absolute atomic E-state index is 0.0429. The number of carboxylic acid groups (broad SMARTS) is 1. The Morgan fingerprint density at radius 1 is 1.62 bits per heavy atom. The standard InChI is InChI=1S/C7H14N4O2/c1-7(10,5(12)13)3-2-4-11-6(8)9/h2-3H,4,10H2,1H3,(H,12,13)(H4,8,9,11). The second-order valence-electron chi connectivity index (χ2n) is 2.76. The molecule has 0 bridgehead atoms. The number of carboxylic acids is 1. The molecule has 0 fully saturated rings. The third-order valence-corrected chi connectivity index (χ3v) is 1.30. The van der Waals surface area contributed by atoms with Crippen LogP contribution in [0.2, 0.25) is 0 Å². The zero-order chi connectivity index (χ0) is 10.5. The number of aliphatic imine (C=N–C) groups is 1. The van der Waals surface area contributed by atoms with Gasteiger partial charge in [-0.25, -0.2) is 9.79 Å². The van der Waals surface area contributed by atoms with E-state index in [4.69, 9.17) is 22.3 Å². The van der Waals surface area contributed by atoms with Crippen molar-refractivity contribution in [3.8, 4) is 0 Å². The molecule has 6 nitrogen and oxygen atoms in total. The lowest BCUT2D eigenvalue weighted by atomic mass is 10.0. The van der Waals surface area contributed by atoms with Gasteiger partial charge in [0.25, 0.3) is 0 Å². The molecule has 0 aromatic heterocycles. The van der Waals surface area contributed by atoms with Crippen LogP contribution < -0.4 is 17.2 Å². The van der Waals surface area contributed by atoms with Crippen molar-refractivity contribution >= 4 is 11.9 Å². The molecule has 7 N–H and O–H groups in total. The van der Waals surface area contributed by atoms with Gasteiger partial charge in [-0.2, -0.15) is 0 Å². The summed E-state index contributed by atoms with van der Waals surface area (Å²) in [5, 5.41) is 8.59. The Hall–Kier alpha value is -1.56. The number of hydrogen-bond donors (Lipinski definition) is 4.